The minimum atomic E-state index is -0.192. The van der Waals surface area contributed by atoms with Crippen LogP contribution in [0.3, 0.4) is 0 Å². The molecule has 0 bridgehead atoms. The summed E-state index contributed by atoms with van der Waals surface area (Å²) < 4.78 is 1.00. The lowest BCUT2D eigenvalue weighted by Crippen LogP contribution is -2.11. The number of carbonyl (C=O) groups is 1. The van der Waals surface area contributed by atoms with Gasteiger partial charge in [0.25, 0.3) is 5.91 Å². The molecule has 84 valence electrons. The summed E-state index contributed by atoms with van der Waals surface area (Å²) in [6, 6.07) is 11.0. The van der Waals surface area contributed by atoms with Crippen LogP contribution in [0, 0.1) is 14.9 Å². The minimum absolute atomic E-state index is 0.192. The van der Waals surface area contributed by atoms with E-state index in [0.29, 0.717) is 16.1 Å². The second kappa shape index (κ2) is 5.29. The van der Waals surface area contributed by atoms with Gasteiger partial charge in [-0.25, -0.2) is 0 Å². The summed E-state index contributed by atoms with van der Waals surface area (Å²) in [7, 11) is 0. The highest BCUT2D eigenvalue weighted by Crippen LogP contribution is 2.23. The highest BCUT2D eigenvalue weighted by molar-refractivity contribution is 14.1. The van der Waals surface area contributed by atoms with Crippen LogP contribution >= 0.6 is 33.9 Å². The fourth-order valence-electron chi connectivity index (χ4n) is 1.30. The predicted molar refractivity (Wildman–Crippen MR) is 76.1 cm³/mol. The van der Waals surface area contributed by atoms with E-state index in [4.69, 9.17) is 5.26 Å². The average Bonchev–Trinajstić information content (AvgIpc) is 2.76. The minimum Gasteiger partial charge on any atom is -0.312 e. The molecule has 1 amide bonds. The average molecular weight is 354 g/mol. The van der Waals surface area contributed by atoms with Crippen molar-refractivity contribution in [2.45, 2.75) is 0 Å². The van der Waals surface area contributed by atoms with Gasteiger partial charge in [0.05, 0.1) is 5.56 Å². The lowest BCUT2D eigenvalue weighted by atomic mass is 10.2. The number of nitriles is 1. The number of thiophene rings is 1. The molecule has 0 saturated heterocycles. The maximum Gasteiger partial charge on any atom is 0.256 e. The summed E-state index contributed by atoms with van der Waals surface area (Å²) in [6.07, 6.45) is 0. The number of nitrogens with zero attached hydrogens (tertiary/aromatic N) is 1. The Morgan fingerprint density at radius 2 is 2.24 bits per heavy atom. The Kier molecular flexibility index (Phi) is 3.76. The standard InChI is InChI=1S/C12H7IN2OS/c13-10-3-1-2-8(6-10)11(16)15-12-9(7-14)4-5-17-12/h1-6H,(H,15,16). The maximum atomic E-state index is 11.9. The van der Waals surface area contributed by atoms with Crippen LogP contribution in [0.5, 0.6) is 0 Å². The molecule has 0 saturated carbocycles. The van der Waals surface area contributed by atoms with Gasteiger partial charge in [-0.1, -0.05) is 6.07 Å². The van der Waals surface area contributed by atoms with Gasteiger partial charge in [0.2, 0.25) is 0 Å². The SMILES string of the molecule is N#Cc1ccsc1NC(=O)c1cccc(I)c1. The van der Waals surface area contributed by atoms with Gasteiger partial charge in [0, 0.05) is 9.13 Å². The number of hydrogen-bond donors (Lipinski definition) is 1. The molecular weight excluding hydrogens is 347 g/mol. The molecular formula is C12H7IN2OS. The highest BCUT2D eigenvalue weighted by atomic mass is 127. The summed E-state index contributed by atoms with van der Waals surface area (Å²) >= 11 is 3.50. The van der Waals surface area contributed by atoms with Crippen molar-refractivity contribution in [3.63, 3.8) is 0 Å². The number of halogens is 1. The van der Waals surface area contributed by atoms with Crippen molar-refractivity contribution in [1.82, 2.24) is 0 Å². The Morgan fingerprint density at radius 3 is 2.94 bits per heavy atom. The van der Waals surface area contributed by atoms with Crippen molar-refractivity contribution in [3.8, 4) is 6.07 Å². The largest absolute Gasteiger partial charge is 0.312 e. The van der Waals surface area contributed by atoms with Crippen LogP contribution in [0.25, 0.3) is 0 Å². The van der Waals surface area contributed by atoms with Gasteiger partial charge < -0.3 is 5.32 Å². The Morgan fingerprint density at radius 1 is 1.41 bits per heavy atom. The molecule has 0 aliphatic heterocycles. The molecule has 17 heavy (non-hydrogen) atoms. The van der Waals surface area contributed by atoms with E-state index in [1.165, 1.54) is 11.3 Å². The van der Waals surface area contributed by atoms with Crippen LogP contribution < -0.4 is 5.32 Å². The Labute approximate surface area is 116 Å². The van der Waals surface area contributed by atoms with E-state index in [9.17, 15) is 4.79 Å². The molecule has 2 aromatic rings. The predicted octanol–water partition coefficient (Wildman–Crippen LogP) is 3.48. The third kappa shape index (κ3) is 2.84. The molecule has 3 nitrogen and oxygen atoms in total. The molecule has 1 N–H and O–H groups in total. The van der Waals surface area contributed by atoms with Gasteiger partial charge in [0.15, 0.2) is 0 Å². The van der Waals surface area contributed by atoms with Crippen LogP contribution in [-0.2, 0) is 0 Å². The van der Waals surface area contributed by atoms with E-state index in [-0.39, 0.29) is 5.91 Å². The van der Waals surface area contributed by atoms with E-state index in [0.717, 1.165) is 3.57 Å². The lowest BCUT2D eigenvalue weighted by Gasteiger charge is -2.03. The van der Waals surface area contributed by atoms with Gasteiger partial charge in [-0.15, -0.1) is 11.3 Å². The lowest BCUT2D eigenvalue weighted by molar-refractivity contribution is 0.102. The van der Waals surface area contributed by atoms with E-state index in [2.05, 4.69) is 27.9 Å². The number of hydrogen-bond acceptors (Lipinski definition) is 3. The first kappa shape index (κ1) is 12.1. The number of nitrogens with one attached hydrogen (secondary N) is 1. The van der Waals surface area contributed by atoms with Crippen molar-refractivity contribution in [2.75, 3.05) is 5.32 Å². The summed E-state index contributed by atoms with van der Waals surface area (Å²) in [4.78, 5) is 11.9. The molecule has 1 aromatic carbocycles. The van der Waals surface area contributed by atoms with E-state index >= 15 is 0 Å². The number of amides is 1. The van der Waals surface area contributed by atoms with Gasteiger partial charge >= 0.3 is 0 Å². The smallest absolute Gasteiger partial charge is 0.256 e. The molecule has 2 rings (SSSR count). The summed E-state index contributed by atoms with van der Waals surface area (Å²) in [5, 5.41) is 14.0. The zero-order chi connectivity index (χ0) is 12.3. The van der Waals surface area contributed by atoms with E-state index in [1.54, 1.807) is 23.6 Å². The molecule has 0 unspecified atom stereocenters. The third-order valence-electron chi connectivity index (χ3n) is 2.10. The second-order valence-electron chi connectivity index (χ2n) is 3.24. The Balaban J connectivity index is 2.21. The molecule has 0 aliphatic carbocycles. The van der Waals surface area contributed by atoms with Crippen LogP contribution in [0.4, 0.5) is 5.00 Å². The fraction of sp³-hybridized carbons (Fsp3) is 0. The van der Waals surface area contributed by atoms with Crippen LogP contribution in [-0.4, -0.2) is 5.91 Å². The zero-order valence-corrected chi connectivity index (χ0v) is 11.6. The van der Waals surface area contributed by atoms with E-state index < -0.39 is 0 Å². The first-order valence-electron chi connectivity index (χ1n) is 4.75. The zero-order valence-electron chi connectivity index (χ0n) is 8.61. The molecule has 1 heterocycles. The topological polar surface area (TPSA) is 52.9 Å². The summed E-state index contributed by atoms with van der Waals surface area (Å²) in [5.41, 5.74) is 1.09. The molecule has 0 fully saturated rings. The molecule has 0 radical (unpaired) electrons. The first-order chi connectivity index (χ1) is 8.20. The fourth-order valence-corrected chi connectivity index (χ4v) is 2.57. The van der Waals surface area contributed by atoms with Crippen LogP contribution in [0.1, 0.15) is 15.9 Å². The first-order valence-corrected chi connectivity index (χ1v) is 6.71. The van der Waals surface area contributed by atoms with Gasteiger partial charge in [-0.05, 0) is 52.2 Å². The van der Waals surface area contributed by atoms with Gasteiger partial charge in [-0.3, -0.25) is 4.79 Å². The number of anilines is 1. The maximum absolute atomic E-state index is 11.9. The highest BCUT2D eigenvalue weighted by Gasteiger charge is 2.10. The van der Waals surface area contributed by atoms with Gasteiger partial charge in [-0.2, -0.15) is 5.26 Å². The second-order valence-corrected chi connectivity index (χ2v) is 5.40. The van der Waals surface area contributed by atoms with Crippen molar-refractivity contribution in [1.29, 1.82) is 5.26 Å². The molecule has 0 atom stereocenters. The van der Waals surface area contributed by atoms with Crippen LogP contribution in [0.2, 0.25) is 0 Å². The monoisotopic (exact) mass is 354 g/mol. The van der Waals surface area contributed by atoms with E-state index in [1.807, 2.05) is 18.2 Å². The normalized spacial score (nSPS) is 9.65. The number of benzene rings is 1. The van der Waals surface area contributed by atoms with Crippen LogP contribution in [0.15, 0.2) is 35.7 Å². The van der Waals surface area contributed by atoms with Crippen molar-refractivity contribution in [3.05, 3.63) is 50.4 Å². The summed E-state index contributed by atoms with van der Waals surface area (Å²) in [6.45, 7) is 0. The molecule has 1 aromatic heterocycles. The Bertz CT molecular complexity index is 601. The Hall–Kier alpha value is -1.39. The quantitative estimate of drug-likeness (QED) is 0.840. The number of carbonyl (C=O) groups excluding carboxylic acids is 1. The molecule has 0 aliphatic rings. The van der Waals surface area contributed by atoms with Gasteiger partial charge in [0.1, 0.15) is 11.1 Å². The van der Waals surface area contributed by atoms with Crippen molar-refractivity contribution >= 4 is 44.8 Å². The summed E-state index contributed by atoms with van der Waals surface area (Å²) in [5.74, 6) is -0.192. The van der Waals surface area contributed by atoms with Crippen molar-refractivity contribution < 1.29 is 4.79 Å². The molecule has 0 spiro atoms. The van der Waals surface area contributed by atoms with Crippen molar-refractivity contribution in [2.24, 2.45) is 0 Å². The third-order valence-corrected chi connectivity index (χ3v) is 3.60. The molecule has 5 heteroatoms. The number of rotatable bonds is 2.